The fraction of sp³-hybridized carbons (Fsp3) is 0.538. The standard InChI is InChI=1S/C13H15BrN2O2/c14-10-3-4-11(13(7-10)16(17)18)15-12-6-8-1-2-9(12)5-8/h3-4,7-9,12,15H,1-2,5-6H2. The largest absolute Gasteiger partial charge is 0.376 e. The molecule has 2 fully saturated rings. The van der Waals surface area contributed by atoms with Crippen LogP contribution in [0.1, 0.15) is 25.7 Å². The van der Waals surface area contributed by atoms with Crippen molar-refractivity contribution in [2.45, 2.75) is 31.7 Å². The molecule has 1 N–H and O–H groups in total. The molecule has 0 aliphatic heterocycles. The zero-order valence-electron chi connectivity index (χ0n) is 9.93. The zero-order valence-corrected chi connectivity index (χ0v) is 11.5. The van der Waals surface area contributed by atoms with E-state index >= 15 is 0 Å². The van der Waals surface area contributed by atoms with E-state index in [-0.39, 0.29) is 10.6 Å². The molecule has 0 saturated heterocycles. The number of hydrogen-bond donors (Lipinski definition) is 1. The van der Waals surface area contributed by atoms with Crippen LogP contribution in [0.2, 0.25) is 0 Å². The van der Waals surface area contributed by atoms with Gasteiger partial charge < -0.3 is 5.32 Å². The van der Waals surface area contributed by atoms with Crippen molar-refractivity contribution in [2.75, 3.05) is 5.32 Å². The summed E-state index contributed by atoms with van der Waals surface area (Å²) >= 11 is 3.28. The van der Waals surface area contributed by atoms with Crippen LogP contribution in [0.4, 0.5) is 11.4 Å². The molecule has 2 saturated carbocycles. The molecular formula is C13H15BrN2O2. The summed E-state index contributed by atoms with van der Waals surface area (Å²) in [6, 6.07) is 5.63. The van der Waals surface area contributed by atoms with Crippen molar-refractivity contribution in [1.29, 1.82) is 0 Å². The highest BCUT2D eigenvalue weighted by Gasteiger charge is 2.39. The first kappa shape index (κ1) is 12.0. The molecular weight excluding hydrogens is 296 g/mol. The average molecular weight is 311 g/mol. The summed E-state index contributed by atoms with van der Waals surface area (Å²) < 4.78 is 0.743. The van der Waals surface area contributed by atoms with Crippen LogP contribution in [-0.2, 0) is 0 Å². The van der Waals surface area contributed by atoms with Crippen LogP contribution in [0.15, 0.2) is 22.7 Å². The van der Waals surface area contributed by atoms with Gasteiger partial charge in [-0.15, -0.1) is 0 Å². The Balaban J connectivity index is 1.82. The lowest BCUT2D eigenvalue weighted by molar-refractivity contribution is -0.384. The summed E-state index contributed by atoms with van der Waals surface area (Å²) in [4.78, 5) is 10.7. The Morgan fingerprint density at radius 3 is 2.78 bits per heavy atom. The Kier molecular flexibility index (Phi) is 3.01. The molecule has 2 aliphatic carbocycles. The van der Waals surface area contributed by atoms with E-state index in [1.165, 1.54) is 19.3 Å². The van der Waals surface area contributed by atoms with Crippen LogP contribution in [0.3, 0.4) is 0 Å². The quantitative estimate of drug-likeness (QED) is 0.679. The predicted molar refractivity (Wildman–Crippen MR) is 73.7 cm³/mol. The molecule has 0 heterocycles. The van der Waals surface area contributed by atoms with E-state index < -0.39 is 0 Å². The zero-order chi connectivity index (χ0) is 12.7. The minimum Gasteiger partial charge on any atom is -0.376 e. The van der Waals surface area contributed by atoms with Crippen LogP contribution in [-0.4, -0.2) is 11.0 Å². The molecule has 18 heavy (non-hydrogen) atoms. The van der Waals surface area contributed by atoms with Gasteiger partial charge in [-0.05, 0) is 43.2 Å². The van der Waals surface area contributed by atoms with Gasteiger partial charge in [0.05, 0.1) is 4.92 Å². The van der Waals surface area contributed by atoms with Crippen LogP contribution in [0.25, 0.3) is 0 Å². The number of nitro benzene ring substituents is 1. The molecule has 2 bridgehead atoms. The molecule has 0 amide bonds. The Bertz CT molecular complexity index is 492. The summed E-state index contributed by atoms with van der Waals surface area (Å²) in [5.74, 6) is 1.54. The fourth-order valence-corrected chi connectivity index (χ4v) is 3.75. The summed E-state index contributed by atoms with van der Waals surface area (Å²) in [6.07, 6.45) is 5.07. The van der Waals surface area contributed by atoms with Gasteiger partial charge in [-0.1, -0.05) is 22.4 Å². The summed E-state index contributed by atoms with van der Waals surface area (Å²) in [7, 11) is 0. The number of nitrogens with one attached hydrogen (secondary N) is 1. The van der Waals surface area contributed by atoms with Gasteiger partial charge in [0, 0.05) is 16.6 Å². The van der Waals surface area contributed by atoms with E-state index in [9.17, 15) is 10.1 Å². The second-order valence-electron chi connectivity index (χ2n) is 5.34. The maximum absolute atomic E-state index is 11.1. The number of rotatable bonds is 3. The third-order valence-electron chi connectivity index (χ3n) is 4.24. The second kappa shape index (κ2) is 4.53. The van der Waals surface area contributed by atoms with Crippen molar-refractivity contribution < 1.29 is 4.92 Å². The highest BCUT2D eigenvalue weighted by Crippen LogP contribution is 2.46. The number of fused-ring (bicyclic) bond motifs is 2. The molecule has 1 aromatic rings. The van der Waals surface area contributed by atoms with Crippen molar-refractivity contribution in [3.63, 3.8) is 0 Å². The molecule has 3 atom stereocenters. The highest BCUT2D eigenvalue weighted by molar-refractivity contribution is 9.10. The topological polar surface area (TPSA) is 55.2 Å². The Morgan fingerprint density at radius 1 is 1.33 bits per heavy atom. The smallest absolute Gasteiger partial charge is 0.293 e. The number of hydrogen-bond acceptors (Lipinski definition) is 3. The summed E-state index contributed by atoms with van der Waals surface area (Å²) in [5.41, 5.74) is 0.813. The number of anilines is 1. The van der Waals surface area contributed by atoms with Gasteiger partial charge in [0.1, 0.15) is 5.69 Å². The fourth-order valence-electron chi connectivity index (χ4n) is 3.40. The molecule has 3 rings (SSSR count). The third kappa shape index (κ3) is 2.11. The van der Waals surface area contributed by atoms with Gasteiger partial charge in [-0.3, -0.25) is 10.1 Å². The minimum absolute atomic E-state index is 0.159. The van der Waals surface area contributed by atoms with E-state index in [0.717, 1.165) is 16.8 Å². The normalized spacial score (nSPS) is 29.5. The molecule has 0 radical (unpaired) electrons. The lowest BCUT2D eigenvalue weighted by atomic mass is 9.95. The monoisotopic (exact) mass is 310 g/mol. The van der Waals surface area contributed by atoms with Gasteiger partial charge in [0.2, 0.25) is 0 Å². The van der Waals surface area contributed by atoms with Crippen LogP contribution < -0.4 is 5.32 Å². The van der Waals surface area contributed by atoms with Crippen molar-refractivity contribution in [3.8, 4) is 0 Å². The van der Waals surface area contributed by atoms with Gasteiger partial charge in [0.25, 0.3) is 5.69 Å². The first-order chi connectivity index (χ1) is 8.63. The lowest BCUT2D eigenvalue weighted by Gasteiger charge is -2.23. The van der Waals surface area contributed by atoms with Crippen LogP contribution in [0.5, 0.6) is 0 Å². The van der Waals surface area contributed by atoms with Gasteiger partial charge in [-0.2, -0.15) is 0 Å². The number of nitrogens with zero attached hydrogens (tertiary/aromatic N) is 1. The average Bonchev–Trinajstić information content (AvgIpc) is 2.93. The molecule has 3 unspecified atom stereocenters. The molecule has 0 spiro atoms. The van der Waals surface area contributed by atoms with E-state index in [1.54, 1.807) is 12.1 Å². The maximum atomic E-state index is 11.1. The van der Waals surface area contributed by atoms with Crippen molar-refractivity contribution in [1.82, 2.24) is 0 Å². The SMILES string of the molecule is O=[N+]([O-])c1cc(Br)ccc1NC1CC2CCC1C2. The molecule has 96 valence electrons. The summed E-state index contributed by atoms with van der Waals surface area (Å²) in [5, 5.41) is 14.4. The summed E-state index contributed by atoms with van der Waals surface area (Å²) in [6.45, 7) is 0. The Morgan fingerprint density at radius 2 is 2.17 bits per heavy atom. The second-order valence-corrected chi connectivity index (χ2v) is 6.26. The third-order valence-corrected chi connectivity index (χ3v) is 4.73. The predicted octanol–water partition coefficient (Wildman–Crippen LogP) is 3.96. The van der Waals surface area contributed by atoms with E-state index in [0.29, 0.717) is 17.6 Å². The molecule has 4 nitrogen and oxygen atoms in total. The molecule has 0 aromatic heterocycles. The van der Waals surface area contributed by atoms with E-state index in [2.05, 4.69) is 21.2 Å². The molecule has 5 heteroatoms. The first-order valence-electron chi connectivity index (χ1n) is 6.34. The van der Waals surface area contributed by atoms with Crippen molar-refractivity contribution in [2.24, 2.45) is 11.8 Å². The Hall–Kier alpha value is -1.10. The van der Waals surface area contributed by atoms with Crippen LogP contribution in [0, 0.1) is 22.0 Å². The maximum Gasteiger partial charge on any atom is 0.293 e. The number of benzene rings is 1. The molecule has 2 aliphatic rings. The molecule has 1 aromatic carbocycles. The Labute approximate surface area is 114 Å². The number of halogens is 1. The minimum atomic E-state index is -0.319. The van der Waals surface area contributed by atoms with Crippen LogP contribution >= 0.6 is 15.9 Å². The lowest BCUT2D eigenvalue weighted by Crippen LogP contribution is -2.26. The van der Waals surface area contributed by atoms with E-state index in [4.69, 9.17) is 0 Å². The van der Waals surface area contributed by atoms with Crippen molar-refractivity contribution >= 4 is 27.3 Å². The van der Waals surface area contributed by atoms with Gasteiger partial charge in [-0.25, -0.2) is 0 Å². The first-order valence-corrected chi connectivity index (χ1v) is 7.13. The van der Waals surface area contributed by atoms with Crippen molar-refractivity contribution in [3.05, 3.63) is 32.8 Å². The highest BCUT2D eigenvalue weighted by atomic mass is 79.9. The van der Waals surface area contributed by atoms with Gasteiger partial charge >= 0.3 is 0 Å². The van der Waals surface area contributed by atoms with E-state index in [1.807, 2.05) is 6.07 Å². The number of nitro groups is 1. The van der Waals surface area contributed by atoms with Gasteiger partial charge in [0.15, 0.2) is 0 Å².